The van der Waals surface area contributed by atoms with Crippen molar-refractivity contribution in [2.24, 2.45) is 5.41 Å². The highest BCUT2D eigenvalue weighted by atomic mass is 19.1. The summed E-state index contributed by atoms with van der Waals surface area (Å²) in [4.78, 5) is 9.36. The smallest absolute Gasteiger partial charge is 0.148 e. The van der Waals surface area contributed by atoms with E-state index < -0.39 is 5.44 Å². The second-order valence-electron chi connectivity index (χ2n) is 12.3. The molecule has 2 N–H and O–H groups in total. The van der Waals surface area contributed by atoms with Crippen LogP contribution in [0.5, 0.6) is 0 Å². The minimum atomic E-state index is -0.852. The second-order valence-corrected chi connectivity index (χ2v) is 12.3. The van der Waals surface area contributed by atoms with Gasteiger partial charge in [0.2, 0.25) is 0 Å². The van der Waals surface area contributed by atoms with Crippen LogP contribution in [0.15, 0.2) is 73.2 Å². The van der Waals surface area contributed by atoms with Crippen molar-refractivity contribution in [1.82, 2.24) is 25.0 Å². The van der Waals surface area contributed by atoms with E-state index in [2.05, 4.69) is 52.8 Å². The summed E-state index contributed by atoms with van der Waals surface area (Å²) in [5.41, 5.74) is 4.95. The Morgan fingerprint density at radius 2 is 1.88 bits per heavy atom. The molecule has 1 fully saturated rings. The van der Waals surface area contributed by atoms with Crippen molar-refractivity contribution in [3.05, 3.63) is 95.8 Å². The Bertz CT molecular complexity index is 1790. The third-order valence-electron chi connectivity index (χ3n) is 7.59. The fourth-order valence-corrected chi connectivity index (χ4v) is 5.10. The lowest BCUT2D eigenvalue weighted by Crippen LogP contribution is -2.37. The van der Waals surface area contributed by atoms with Gasteiger partial charge in [-0.25, -0.2) is 9.07 Å². The van der Waals surface area contributed by atoms with Crippen molar-refractivity contribution in [3.63, 3.8) is 0 Å². The molecule has 3 aromatic heterocycles. The van der Waals surface area contributed by atoms with Crippen LogP contribution in [0.25, 0.3) is 22.2 Å². The van der Waals surface area contributed by atoms with Crippen LogP contribution in [0.2, 0.25) is 0 Å². The van der Waals surface area contributed by atoms with E-state index in [9.17, 15) is 9.65 Å². The maximum atomic E-state index is 14.0. The van der Waals surface area contributed by atoms with Gasteiger partial charge in [-0.05, 0) is 60.2 Å². The Hall–Kier alpha value is -4.78. The summed E-state index contributed by atoms with van der Waals surface area (Å²) in [5, 5.41) is 27.0. The zero-order valence-corrected chi connectivity index (χ0v) is 24.2. The third kappa shape index (κ3) is 5.42. The molecule has 2 aromatic carbocycles. The van der Waals surface area contributed by atoms with Crippen LogP contribution in [0.4, 0.5) is 15.8 Å². The summed E-state index contributed by atoms with van der Waals surface area (Å²) in [6, 6.07) is 18.9. The van der Waals surface area contributed by atoms with Gasteiger partial charge in [0, 0.05) is 35.6 Å². The van der Waals surface area contributed by atoms with E-state index in [-0.39, 0.29) is 11.2 Å². The molecule has 0 aliphatic heterocycles. The summed E-state index contributed by atoms with van der Waals surface area (Å²) >= 11 is 0. The number of nitriles is 1. The molecule has 1 aliphatic carbocycles. The molecule has 10 heteroatoms. The molecule has 5 aromatic rings. The van der Waals surface area contributed by atoms with Crippen molar-refractivity contribution in [2.45, 2.75) is 45.1 Å². The maximum Gasteiger partial charge on any atom is 0.148 e. The molecule has 1 aliphatic rings. The van der Waals surface area contributed by atoms with Crippen LogP contribution >= 0.6 is 0 Å². The zero-order chi connectivity index (χ0) is 29.5. The number of anilines is 2. The molecule has 1 unspecified atom stereocenters. The SMILES string of the molecule is BC(Nc1cc(-c2ccccn2)c2ncc(C#N)c(NCC(C)(C)C)c2c1)(c1ccc(F)cc1)c1cn(C2CC2)nn1. The predicted octanol–water partition coefficient (Wildman–Crippen LogP) is 5.64. The number of fused-ring (bicyclic) bond motifs is 1. The van der Waals surface area contributed by atoms with Gasteiger partial charge in [-0.1, -0.05) is 44.2 Å². The van der Waals surface area contributed by atoms with Gasteiger partial charge < -0.3 is 10.6 Å². The van der Waals surface area contributed by atoms with Crippen molar-refractivity contribution >= 4 is 30.1 Å². The van der Waals surface area contributed by atoms with Gasteiger partial charge in [-0.3, -0.25) is 9.97 Å². The van der Waals surface area contributed by atoms with E-state index in [1.165, 1.54) is 12.1 Å². The van der Waals surface area contributed by atoms with Crippen molar-refractivity contribution in [2.75, 3.05) is 17.2 Å². The van der Waals surface area contributed by atoms with Crippen LogP contribution in [-0.4, -0.2) is 39.4 Å². The largest absolute Gasteiger partial charge is 0.383 e. The first-order valence-corrected chi connectivity index (χ1v) is 14.1. The van der Waals surface area contributed by atoms with Crippen LogP contribution in [-0.2, 0) is 5.44 Å². The van der Waals surface area contributed by atoms with E-state index in [0.717, 1.165) is 57.6 Å². The van der Waals surface area contributed by atoms with E-state index in [1.807, 2.05) is 49.1 Å². The number of aromatic nitrogens is 5. The standard InChI is InChI=1S/C32H32BFN8/c1-31(2,3)19-38-29-20(16-35)17-37-30-25(27-6-4-5-13-36-27)14-23(15-26(29)30)39-32(33,21-7-9-22(34)10-8-21)28-18-42(41-40-28)24-11-12-24/h4-10,13-15,17-18,24,39H,11-12,19,33H2,1-3H3,(H,37,38). The molecule has 8 nitrogen and oxygen atoms in total. The van der Waals surface area contributed by atoms with Crippen LogP contribution < -0.4 is 10.6 Å². The zero-order valence-electron chi connectivity index (χ0n) is 24.2. The number of nitrogens with zero attached hydrogens (tertiary/aromatic N) is 6. The first-order chi connectivity index (χ1) is 20.1. The average Bonchev–Trinajstić information content (AvgIpc) is 3.71. The number of nitrogens with one attached hydrogen (secondary N) is 2. The van der Waals surface area contributed by atoms with Gasteiger partial charge in [0.15, 0.2) is 0 Å². The third-order valence-corrected chi connectivity index (χ3v) is 7.59. The molecule has 42 heavy (non-hydrogen) atoms. The van der Waals surface area contributed by atoms with Crippen molar-refractivity contribution in [3.8, 4) is 17.3 Å². The summed E-state index contributed by atoms with van der Waals surface area (Å²) in [6.45, 7) is 7.09. The Kier molecular flexibility index (Phi) is 6.89. The summed E-state index contributed by atoms with van der Waals surface area (Å²) in [5.74, 6) is -0.310. The van der Waals surface area contributed by atoms with E-state index in [1.54, 1.807) is 24.5 Å². The molecule has 0 radical (unpaired) electrons. The molecule has 1 saturated carbocycles. The lowest BCUT2D eigenvalue weighted by Gasteiger charge is -2.31. The van der Waals surface area contributed by atoms with E-state index in [4.69, 9.17) is 4.98 Å². The van der Waals surface area contributed by atoms with Crippen molar-refractivity contribution < 1.29 is 4.39 Å². The monoisotopic (exact) mass is 558 g/mol. The van der Waals surface area contributed by atoms with Crippen LogP contribution in [0, 0.1) is 22.6 Å². The molecule has 1 atom stereocenters. The van der Waals surface area contributed by atoms with Crippen molar-refractivity contribution in [1.29, 1.82) is 5.26 Å². The number of pyridine rings is 2. The predicted molar refractivity (Wildman–Crippen MR) is 165 cm³/mol. The lowest BCUT2D eigenvalue weighted by atomic mass is 9.69. The maximum absolute atomic E-state index is 14.0. The molecular weight excluding hydrogens is 526 g/mol. The quantitative estimate of drug-likeness (QED) is 0.238. The normalized spacial score (nSPS) is 14.7. The Balaban J connectivity index is 1.55. The second kappa shape index (κ2) is 10.6. The minimum absolute atomic E-state index is 0.0173. The number of rotatable bonds is 8. The molecule has 210 valence electrons. The number of hydrogen-bond donors (Lipinski definition) is 2. The summed E-state index contributed by atoms with van der Waals surface area (Å²) < 4.78 is 15.9. The fourth-order valence-electron chi connectivity index (χ4n) is 5.10. The minimum Gasteiger partial charge on any atom is -0.383 e. The highest BCUT2D eigenvalue weighted by Crippen LogP contribution is 2.39. The molecule has 3 heterocycles. The number of hydrogen-bond acceptors (Lipinski definition) is 7. The molecule has 0 spiro atoms. The van der Waals surface area contributed by atoms with Gasteiger partial charge in [0.05, 0.1) is 40.1 Å². The Morgan fingerprint density at radius 3 is 2.55 bits per heavy atom. The molecular formula is C32H32BFN8. The fraction of sp³-hybridized carbons (Fsp3) is 0.281. The molecule has 0 bridgehead atoms. The highest BCUT2D eigenvalue weighted by molar-refractivity contribution is 6.19. The topological polar surface area (TPSA) is 104 Å². The van der Waals surface area contributed by atoms with Crippen LogP contribution in [0.1, 0.15) is 56.5 Å². The molecule has 0 saturated heterocycles. The van der Waals surface area contributed by atoms with E-state index in [0.29, 0.717) is 18.2 Å². The van der Waals surface area contributed by atoms with E-state index >= 15 is 0 Å². The highest BCUT2D eigenvalue weighted by Gasteiger charge is 2.34. The lowest BCUT2D eigenvalue weighted by molar-refractivity contribution is 0.443. The van der Waals surface area contributed by atoms with Gasteiger partial charge in [0.1, 0.15) is 25.4 Å². The first-order valence-electron chi connectivity index (χ1n) is 14.1. The number of benzene rings is 2. The van der Waals surface area contributed by atoms with Gasteiger partial charge in [-0.15, -0.1) is 5.10 Å². The Morgan fingerprint density at radius 1 is 1.10 bits per heavy atom. The summed E-state index contributed by atoms with van der Waals surface area (Å²) in [7, 11) is 2.02. The Labute approximate surface area is 245 Å². The molecule has 0 amide bonds. The average molecular weight is 558 g/mol. The van der Waals surface area contributed by atoms with Gasteiger partial charge in [-0.2, -0.15) is 5.26 Å². The van der Waals surface area contributed by atoms with Gasteiger partial charge in [0.25, 0.3) is 0 Å². The molecule has 6 rings (SSSR count). The first kappa shape index (κ1) is 27.4. The van der Waals surface area contributed by atoms with Crippen LogP contribution in [0.3, 0.4) is 0 Å². The summed E-state index contributed by atoms with van der Waals surface area (Å²) in [6.07, 6.45) is 7.51. The van der Waals surface area contributed by atoms with Gasteiger partial charge >= 0.3 is 0 Å². The number of halogens is 1.